The van der Waals surface area contributed by atoms with Gasteiger partial charge < -0.3 is 9.15 Å². The number of carbonyl (C=O) groups excluding carboxylic acids is 1. The van der Waals surface area contributed by atoms with Gasteiger partial charge in [-0.15, -0.1) is 0 Å². The number of benzene rings is 1. The van der Waals surface area contributed by atoms with Crippen LogP contribution in [0.25, 0.3) is 11.0 Å². The fourth-order valence-corrected chi connectivity index (χ4v) is 2.55. The Morgan fingerprint density at radius 2 is 2.18 bits per heavy atom. The molecule has 1 unspecified atom stereocenters. The van der Waals surface area contributed by atoms with Crippen LogP contribution in [0, 0.1) is 0 Å². The van der Waals surface area contributed by atoms with Crippen molar-refractivity contribution in [3.63, 3.8) is 0 Å². The summed E-state index contributed by atoms with van der Waals surface area (Å²) in [7, 11) is 0. The molecule has 3 rings (SSSR count). The lowest BCUT2D eigenvalue weighted by Crippen LogP contribution is -2.14. The van der Waals surface area contributed by atoms with Gasteiger partial charge in [0.25, 0.3) is 0 Å². The van der Waals surface area contributed by atoms with Crippen LogP contribution in [-0.2, 0) is 9.53 Å². The summed E-state index contributed by atoms with van der Waals surface area (Å²) in [6.07, 6.45) is 5.94. The lowest BCUT2D eigenvalue weighted by Gasteiger charge is -2.15. The smallest absolute Gasteiger partial charge is 0.340 e. The first-order valence-electron chi connectivity index (χ1n) is 7.27. The molecule has 0 bridgehead atoms. The van der Waals surface area contributed by atoms with Gasteiger partial charge in [-0.05, 0) is 25.5 Å². The predicted octanol–water partition coefficient (Wildman–Crippen LogP) is 3.33. The van der Waals surface area contributed by atoms with Gasteiger partial charge in [-0.25, -0.2) is 9.59 Å². The van der Waals surface area contributed by atoms with Crippen LogP contribution in [0.4, 0.5) is 0 Å². The number of rotatable bonds is 3. The average molecular weight is 296 g/mol. The van der Waals surface area contributed by atoms with E-state index in [1.54, 1.807) is 25.1 Å². The van der Waals surface area contributed by atoms with Gasteiger partial charge in [0.2, 0.25) is 0 Å². The van der Waals surface area contributed by atoms with Crippen molar-refractivity contribution in [2.75, 3.05) is 6.61 Å². The van der Waals surface area contributed by atoms with E-state index >= 15 is 0 Å². The van der Waals surface area contributed by atoms with Crippen molar-refractivity contribution in [3.05, 3.63) is 70.1 Å². The minimum atomic E-state index is -0.332. The normalized spacial score (nSPS) is 17.3. The Bertz CT molecular complexity index is 826. The summed E-state index contributed by atoms with van der Waals surface area (Å²) < 4.78 is 10.3. The molecule has 1 aromatic carbocycles. The molecule has 1 atom stereocenters. The predicted molar refractivity (Wildman–Crippen MR) is 83.7 cm³/mol. The number of para-hydroxylation sites is 1. The second kappa shape index (κ2) is 6.02. The van der Waals surface area contributed by atoms with Crippen LogP contribution in [0.1, 0.15) is 24.8 Å². The third kappa shape index (κ3) is 2.72. The van der Waals surface area contributed by atoms with E-state index < -0.39 is 0 Å². The van der Waals surface area contributed by atoms with E-state index in [-0.39, 0.29) is 17.5 Å². The highest BCUT2D eigenvalue weighted by Gasteiger charge is 2.19. The number of ether oxygens (including phenoxy) is 1. The van der Waals surface area contributed by atoms with Crippen LogP contribution in [0.15, 0.2) is 63.3 Å². The second-order valence-corrected chi connectivity index (χ2v) is 5.11. The third-order valence-corrected chi connectivity index (χ3v) is 3.68. The van der Waals surface area contributed by atoms with Crippen LogP contribution < -0.4 is 5.63 Å². The molecular formula is C18H16O4. The standard InChI is InChI=1S/C18H16O4/c1-2-21-17(19)13-9-7-12(8-10-13)15-11-14-5-3-4-6-16(14)22-18(15)20/h3-7,9-12H,2,8H2,1H3. The number of esters is 1. The first-order chi connectivity index (χ1) is 10.7. The Kier molecular flexibility index (Phi) is 3.92. The van der Waals surface area contributed by atoms with Gasteiger partial charge in [-0.3, -0.25) is 0 Å². The minimum absolute atomic E-state index is 0.0842. The maximum atomic E-state index is 12.1. The molecule has 0 saturated heterocycles. The van der Waals surface area contributed by atoms with Gasteiger partial charge in [-0.2, -0.15) is 0 Å². The van der Waals surface area contributed by atoms with E-state index in [1.807, 2.05) is 30.3 Å². The molecule has 112 valence electrons. The molecule has 0 spiro atoms. The van der Waals surface area contributed by atoms with Crippen molar-refractivity contribution < 1.29 is 13.9 Å². The molecular weight excluding hydrogens is 280 g/mol. The molecule has 0 saturated carbocycles. The molecule has 2 aromatic rings. The Morgan fingerprint density at radius 1 is 1.36 bits per heavy atom. The summed E-state index contributed by atoms with van der Waals surface area (Å²) in [6, 6.07) is 9.28. The fraction of sp³-hybridized carbons (Fsp3) is 0.222. The Morgan fingerprint density at radius 3 is 2.91 bits per heavy atom. The summed E-state index contributed by atoms with van der Waals surface area (Å²) in [5.74, 6) is -0.415. The van der Waals surface area contributed by atoms with Gasteiger partial charge in [-0.1, -0.05) is 36.4 Å². The fourth-order valence-electron chi connectivity index (χ4n) is 2.55. The van der Waals surface area contributed by atoms with E-state index in [0.29, 0.717) is 29.7 Å². The molecule has 22 heavy (non-hydrogen) atoms. The third-order valence-electron chi connectivity index (χ3n) is 3.68. The molecule has 1 heterocycles. The number of fused-ring (bicyclic) bond motifs is 1. The minimum Gasteiger partial charge on any atom is -0.462 e. The van der Waals surface area contributed by atoms with Crippen molar-refractivity contribution in [1.82, 2.24) is 0 Å². The highest BCUT2D eigenvalue weighted by atomic mass is 16.5. The molecule has 0 radical (unpaired) electrons. The van der Waals surface area contributed by atoms with Gasteiger partial charge in [0.15, 0.2) is 0 Å². The zero-order chi connectivity index (χ0) is 15.5. The highest BCUT2D eigenvalue weighted by Crippen LogP contribution is 2.27. The molecule has 1 aliphatic rings. The van der Waals surface area contributed by atoms with Crippen molar-refractivity contribution in [2.24, 2.45) is 0 Å². The highest BCUT2D eigenvalue weighted by molar-refractivity contribution is 5.91. The zero-order valence-corrected chi connectivity index (χ0v) is 12.2. The number of allylic oxidation sites excluding steroid dienone is 2. The van der Waals surface area contributed by atoms with Gasteiger partial charge in [0.1, 0.15) is 5.58 Å². The van der Waals surface area contributed by atoms with Crippen LogP contribution >= 0.6 is 0 Å². The second-order valence-electron chi connectivity index (χ2n) is 5.11. The topological polar surface area (TPSA) is 56.5 Å². The summed E-state index contributed by atoms with van der Waals surface area (Å²) >= 11 is 0. The first-order valence-corrected chi connectivity index (χ1v) is 7.27. The van der Waals surface area contributed by atoms with Crippen molar-refractivity contribution in [1.29, 1.82) is 0 Å². The van der Waals surface area contributed by atoms with Crippen LogP contribution in [0.2, 0.25) is 0 Å². The van der Waals surface area contributed by atoms with E-state index in [4.69, 9.17) is 9.15 Å². The molecule has 0 N–H and O–H groups in total. The molecule has 0 fully saturated rings. The molecule has 4 nitrogen and oxygen atoms in total. The first kappa shape index (κ1) is 14.3. The maximum absolute atomic E-state index is 12.1. The Hall–Kier alpha value is -2.62. The summed E-state index contributed by atoms with van der Waals surface area (Å²) in [4.78, 5) is 23.8. The van der Waals surface area contributed by atoms with E-state index in [0.717, 1.165) is 5.39 Å². The van der Waals surface area contributed by atoms with E-state index in [9.17, 15) is 9.59 Å². The SMILES string of the molecule is CCOC(=O)C1=CCC(c2cc3ccccc3oc2=O)C=C1. The van der Waals surface area contributed by atoms with Crippen LogP contribution in [-0.4, -0.2) is 12.6 Å². The lowest BCUT2D eigenvalue weighted by atomic mass is 9.90. The Labute approximate surface area is 127 Å². The van der Waals surface area contributed by atoms with Crippen molar-refractivity contribution in [2.45, 2.75) is 19.3 Å². The van der Waals surface area contributed by atoms with Crippen molar-refractivity contribution in [3.8, 4) is 0 Å². The summed E-state index contributed by atoms with van der Waals surface area (Å²) in [5.41, 5.74) is 1.39. The molecule has 1 aliphatic carbocycles. The van der Waals surface area contributed by atoms with E-state index in [1.165, 1.54) is 0 Å². The number of hydrogen-bond acceptors (Lipinski definition) is 4. The van der Waals surface area contributed by atoms with Gasteiger partial charge in [0.05, 0.1) is 12.2 Å². The number of hydrogen-bond donors (Lipinski definition) is 0. The van der Waals surface area contributed by atoms with Gasteiger partial charge >= 0.3 is 11.6 Å². The summed E-state index contributed by atoms with van der Waals surface area (Å²) in [6.45, 7) is 2.12. The molecule has 1 aromatic heterocycles. The van der Waals surface area contributed by atoms with Crippen molar-refractivity contribution >= 4 is 16.9 Å². The zero-order valence-electron chi connectivity index (χ0n) is 12.2. The number of carbonyl (C=O) groups is 1. The molecule has 4 heteroatoms. The molecule has 0 amide bonds. The van der Waals surface area contributed by atoms with Crippen LogP contribution in [0.5, 0.6) is 0 Å². The molecule has 0 aliphatic heterocycles. The summed E-state index contributed by atoms with van der Waals surface area (Å²) in [5, 5.41) is 0.894. The quantitative estimate of drug-likeness (QED) is 0.644. The maximum Gasteiger partial charge on any atom is 0.340 e. The largest absolute Gasteiger partial charge is 0.462 e. The van der Waals surface area contributed by atoms with Crippen LogP contribution in [0.3, 0.4) is 0 Å². The lowest BCUT2D eigenvalue weighted by molar-refractivity contribution is -0.138. The Balaban J connectivity index is 1.88. The monoisotopic (exact) mass is 296 g/mol. The van der Waals surface area contributed by atoms with E-state index in [2.05, 4.69) is 0 Å². The average Bonchev–Trinajstić information content (AvgIpc) is 2.54. The van der Waals surface area contributed by atoms with Gasteiger partial charge in [0, 0.05) is 16.9 Å².